The summed E-state index contributed by atoms with van der Waals surface area (Å²) < 4.78 is 6.58. The van der Waals surface area contributed by atoms with Gasteiger partial charge in [-0.05, 0) is 34.4 Å². The molecule has 0 amide bonds. The summed E-state index contributed by atoms with van der Waals surface area (Å²) in [5, 5.41) is 2.13. The lowest BCUT2D eigenvalue weighted by Gasteiger charge is -2.28. The van der Waals surface area contributed by atoms with Crippen LogP contribution in [-0.4, -0.2) is 56.2 Å². The highest BCUT2D eigenvalue weighted by molar-refractivity contribution is 9.10. The molecule has 96 valence electrons. The number of morpholine rings is 1. The van der Waals surface area contributed by atoms with E-state index < -0.39 is 0 Å². The van der Waals surface area contributed by atoms with Crippen molar-refractivity contribution in [3.63, 3.8) is 0 Å². The van der Waals surface area contributed by atoms with Crippen molar-refractivity contribution in [2.45, 2.75) is 6.54 Å². The van der Waals surface area contributed by atoms with Crippen molar-refractivity contribution in [1.82, 2.24) is 9.80 Å². The molecule has 0 unspecified atom stereocenters. The van der Waals surface area contributed by atoms with Crippen LogP contribution < -0.4 is 0 Å². The molecule has 1 fully saturated rings. The first-order chi connectivity index (χ1) is 8.25. The van der Waals surface area contributed by atoms with Crippen LogP contribution >= 0.6 is 27.3 Å². The van der Waals surface area contributed by atoms with Crippen molar-refractivity contribution in [1.29, 1.82) is 0 Å². The topological polar surface area (TPSA) is 15.7 Å². The summed E-state index contributed by atoms with van der Waals surface area (Å²) in [4.78, 5) is 6.27. The maximum absolute atomic E-state index is 5.35. The Bertz CT molecular complexity index is 339. The minimum Gasteiger partial charge on any atom is -0.379 e. The van der Waals surface area contributed by atoms with Crippen LogP contribution in [0.25, 0.3) is 0 Å². The second kappa shape index (κ2) is 6.85. The molecule has 0 N–H and O–H groups in total. The molecule has 1 aliphatic rings. The summed E-state index contributed by atoms with van der Waals surface area (Å²) in [5.41, 5.74) is 0. The second-order valence-corrected chi connectivity index (χ2v) is 6.24. The number of nitrogens with zero attached hydrogens (tertiary/aromatic N) is 2. The Morgan fingerprint density at radius 1 is 1.47 bits per heavy atom. The van der Waals surface area contributed by atoms with E-state index in [9.17, 15) is 0 Å². The number of thiophene rings is 1. The molecule has 5 heteroatoms. The third-order valence-corrected chi connectivity index (χ3v) is 4.92. The molecule has 2 heterocycles. The molecule has 0 radical (unpaired) electrons. The molecule has 0 saturated carbocycles. The third kappa shape index (κ3) is 4.34. The normalized spacial score (nSPS) is 17.8. The molecule has 17 heavy (non-hydrogen) atoms. The van der Waals surface area contributed by atoms with Gasteiger partial charge in [0.25, 0.3) is 0 Å². The van der Waals surface area contributed by atoms with E-state index in [4.69, 9.17) is 4.74 Å². The van der Waals surface area contributed by atoms with Crippen LogP contribution in [0.5, 0.6) is 0 Å². The maximum Gasteiger partial charge on any atom is 0.0594 e. The number of hydrogen-bond acceptors (Lipinski definition) is 4. The molecule has 2 rings (SSSR count). The van der Waals surface area contributed by atoms with Crippen LogP contribution in [0.3, 0.4) is 0 Å². The Kier molecular flexibility index (Phi) is 5.44. The molecule has 1 saturated heterocycles. The fourth-order valence-electron chi connectivity index (χ4n) is 1.90. The van der Waals surface area contributed by atoms with E-state index in [2.05, 4.69) is 44.2 Å². The van der Waals surface area contributed by atoms with Gasteiger partial charge in [0.2, 0.25) is 0 Å². The fraction of sp³-hybridized carbons (Fsp3) is 0.667. The van der Waals surface area contributed by atoms with Crippen LogP contribution in [0.1, 0.15) is 4.88 Å². The Labute approximate surface area is 115 Å². The van der Waals surface area contributed by atoms with E-state index >= 15 is 0 Å². The molecular formula is C12H19BrN2OS. The molecule has 0 aromatic carbocycles. The van der Waals surface area contributed by atoms with Gasteiger partial charge in [0, 0.05) is 42.1 Å². The smallest absolute Gasteiger partial charge is 0.0594 e. The lowest BCUT2D eigenvalue weighted by atomic mass is 10.4. The van der Waals surface area contributed by atoms with E-state index in [0.29, 0.717) is 0 Å². The van der Waals surface area contributed by atoms with Crippen molar-refractivity contribution in [2.75, 3.05) is 46.4 Å². The molecule has 1 aromatic heterocycles. The average Bonchev–Trinajstić information content (AvgIpc) is 2.74. The van der Waals surface area contributed by atoms with Gasteiger partial charge >= 0.3 is 0 Å². The molecule has 0 aliphatic carbocycles. The predicted molar refractivity (Wildman–Crippen MR) is 75.6 cm³/mol. The van der Waals surface area contributed by atoms with Gasteiger partial charge in [-0.3, -0.25) is 9.80 Å². The third-order valence-electron chi connectivity index (χ3n) is 3.01. The zero-order chi connectivity index (χ0) is 12.1. The highest BCUT2D eigenvalue weighted by atomic mass is 79.9. The van der Waals surface area contributed by atoms with Gasteiger partial charge in [-0.15, -0.1) is 11.3 Å². The molecule has 0 bridgehead atoms. The van der Waals surface area contributed by atoms with E-state index in [1.807, 2.05) is 11.3 Å². The lowest BCUT2D eigenvalue weighted by molar-refractivity contribution is 0.0342. The Morgan fingerprint density at radius 2 is 2.24 bits per heavy atom. The number of likely N-dealkylation sites (N-methyl/N-ethyl adjacent to an activating group) is 1. The number of rotatable bonds is 5. The van der Waals surface area contributed by atoms with Crippen molar-refractivity contribution in [3.05, 3.63) is 20.8 Å². The number of hydrogen-bond donors (Lipinski definition) is 0. The van der Waals surface area contributed by atoms with E-state index in [1.54, 1.807) is 0 Å². The van der Waals surface area contributed by atoms with Crippen LogP contribution in [0.2, 0.25) is 0 Å². The van der Waals surface area contributed by atoms with Gasteiger partial charge in [0.05, 0.1) is 13.2 Å². The van der Waals surface area contributed by atoms with E-state index in [-0.39, 0.29) is 0 Å². The first kappa shape index (κ1) is 13.5. The van der Waals surface area contributed by atoms with E-state index in [1.165, 1.54) is 9.35 Å². The standard InChI is InChI=1S/C12H19BrN2OS/c1-14(10-12-11(13)2-9-17-12)3-4-15-5-7-16-8-6-15/h2,9H,3-8,10H2,1H3. The second-order valence-electron chi connectivity index (χ2n) is 4.38. The van der Waals surface area contributed by atoms with Crippen LogP contribution in [0, 0.1) is 0 Å². The maximum atomic E-state index is 5.35. The summed E-state index contributed by atoms with van der Waals surface area (Å²) in [6.07, 6.45) is 0. The number of halogens is 1. The molecule has 3 nitrogen and oxygen atoms in total. The highest BCUT2D eigenvalue weighted by Gasteiger charge is 2.11. The predicted octanol–water partition coefficient (Wildman–Crippen LogP) is 2.27. The average molecular weight is 319 g/mol. The van der Waals surface area contributed by atoms with Gasteiger partial charge in [0.15, 0.2) is 0 Å². The van der Waals surface area contributed by atoms with Crippen molar-refractivity contribution in [3.8, 4) is 0 Å². The Morgan fingerprint density at radius 3 is 2.88 bits per heavy atom. The van der Waals surface area contributed by atoms with Crippen LogP contribution in [-0.2, 0) is 11.3 Å². The zero-order valence-electron chi connectivity index (χ0n) is 10.2. The first-order valence-electron chi connectivity index (χ1n) is 5.96. The summed E-state index contributed by atoms with van der Waals surface area (Å²) >= 11 is 5.40. The Balaban J connectivity index is 1.70. The highest BCUT2D eigenvalue weighted by Crippen LogP contribution is 2.23. The SMILES string of the molecule is CN(CCN1CCOCC1)Cc1sccc1Br. The minimum absolute atomic E-state index is 0.889. The molecule has 0 spiro atoms. The van der Waals surface area contributed by atoms with Gasteiger partial charge in [-0.1, -0.05) is 0 Å². The van der Waals surface area contributed by atoms with Gasteiger partial charge < -0.3 is 4.74 Å². The summed E-state index contributed by atoms with van der Waals surface area (Å²) in [5.74, 6) is 0. The first-order valence-corrected chi connectivity index (χ1v) is 7.63. The van der Waals surface area contributed by atoms with Crippen LogP contribution in [0.15, 0.2) is 15.9 Å². The monoisotopic (exact) mass is 318 g/mol. The summed E-state index contributed by atoms with van der Waals surface area (Å²) in [7, 11) is 2.19. The minimum atomic E-state index is 0.889. The lowest BCUT2D eigenvalue weighted by Crippen LogP contribution is -2.40. The molecule has 1 aromatic rings. The van der Waals surface area contributed by atoms with Crippen molar-refractivity contribution < 1.29 is 4.74 Å². The van der Waals surface area contributed by atoms with Gasteiger partial charge in [-0.25, -0.2) is 0 Å². The quantitative estimate of drug-likeness (QED) is 0.828. The summed E-state index contributed by atoms with van der Waals surface area (Å²) in [6, 6.07) is 2.12. The van der Waals surface area contributed by atoms with Crippen LogP contribution in [0.4, 0.5) is 0 Å². The van der Waals surface area contributed by atoms with Crippen molar-refractivity contribution in [2.24, 2.45) is 0 Å². The number of ether oxygens (including phenoxy) is 1. The molecular weight excluding hydrogens is 300 g/mol. The van der Waals surface area contributed by atoms with Crippen molar-refractivity contribution >= 4 is 27.3 Å². The summed E-state index contributed by atoms with van der Waals surface area (Å²) in [6.45, 7) is 7.23. The van der Waals surface area contributed by atoms with Gasteiger partial charge in [-0.2, -0.15) is 0 Å². The zero-order valence-corrected chi connectivity index (χ0v) is 12.6. The van der Waals surface area contributed by atoms with E-state index in [0.717, 1.165) is 45.9 Å². The van der Waals surface area contributed by atoms with Gasteiger partial charge in [0.1, 0.15) is 0 Å². The Hall–Kier alpha value is 0.0600. The molecule has 0 atom stereocenters. The molecule has 1 aliphatic heterocycles. The fourth-order valence-corrected chi connectivity index (χ4v) is 3.46. The largest absolute Gasteiger partial charge is 0.379 e.